The molecule has 0 fully saturated rings. The number of nitrogens with one attached hydrogen (secondary N) is 1. The highest BCUT2D eigenvalue weighted by molar-refractivity contribution is 5.93. The van der Waals surface area contributed by atoms with Crippen molar-refractivity contribution in [3.8, 4) is 12.3 Å². The molecule has 0 bridgehead atoms. The van der Waals surface area contributed by atoms with E-state index in [9.17, 15) is 4.79 Å². The van der Waals surface area contributed by atoms with Crippen molar-refractivity contribution in [2.45, 2.75) is 19.4 Å². The minimum Gasteiger partial charge on any atom is -0.394 e. The van der Waals surface area contributed by atoms with E-state index in [1.54, 1.807) is 13.8 Å². The van der Waals surface area contributed by atoms with Crippen LogP contribution in [0.4, 0.5) is 0 Å². The predicted molar refractivity (Wildman–Crippen MR) is 38.1 cm³/mol. The number of carbonyl (C=O) groups is 1. The number of amides is 1. The number of hydrogen-bond acceptors (Lipinski definition) is 2. The monoisotopic (exact) mass is 141 g/mol. The molecule has 0 radical (unpaired) electrons. The van der Waals surface area contributed by atoms with Crippen LogP contribution in [-0.4, -0.2) is 23.2 Å². The maximum absolute atomic E-state index is 10.5. The largest absolute Gasteiger partial charge is 0.394 e. The van der Waals surface area contributed by atoms with Crippen LogP contribution in [0.15, 0.2) is 0 Å². The Morgan fingerprint density at radius 3 is 2.60 bits per heavy atom. The average Bonchev–Trinajstić information content (AvgIpc) is 1.87. The van der Waals surface area contributed by atoms with E-state index in [2.05, 4.69) is 5.32 Å². The lowest BCUT2D eigenvalue weighted by Crippen LogP contribution is -2.45. The molecular formula is C7H11NO2. The van der Waals surface area contributed by atoms with Crippen LogP contribution in [0.5, 0.6) is 0 Å². The van der Waals surface area contributed by atoms with Gasteiger partial charge in [-0.2, -0.15) is 0 Å². The minimum absolute atomic E-state index is 0.125. The third-order valence-electron chi connectivity index (χ3n) is 0.978. The van der Waals surface area contributed by atoms with Gasteiger partial charge >= 0.3 is 0 Å². The first-order valence-corrected chi connectivity index (χ1v) is 2.91. The molecule has 3 heteroatoms. The molecule has 3 nitrogen and oxygen atoms in total. The number of aliphatic hydroxyl groups excluding tert-OH is 1. The third kappa shape index (κ3) is 3.10. The van der Waals surface area contributed by atoms with Crippen LogP contribution in [0.3, 0.4) is 0 Å². The molecule has 0 aromatic carbocycles. The Labute approximate surface area is 60.4 Å². The Kier molecular flexibility index (Phi) is 2.91. The Morgan fingerprint density at radius 2 is 2.30 bits per heavy atom. The highest BCUT2D eigenvalue weighted by Crippen LogP contribution is 1.97. The molecule has 0 heterocycles. The van der Waals surface area contributed by atoms with Gasteiger partial charge in [0.05, 0.1) is 12.1 Å². The molecule has 0 saturated heterocycles. The van der Waals surface area contributed by atoms with Crippen molar-refractivity contribution in [3.05, 3.63) is 0 Å². The number of hydrogen-bond donors (Lipinski definition) is 2. The maximum Gasteiger partial charge on any atom is 0.296 e. The second kappa shape index (κ2) is 3.23. The molecule has 56 valence electrons. The molecule has 0 atom stereocenters. The summed E-state index contributed by atoms with van der Waals surface area (Å²) in [4.78, 5) is 10.5. The van der Waals surface area contributed by atoms with Gasteiger partial charge in [0.15, 0.2) is 0 Å². The Bertz CT molecular complexity index is 167. The minimum atomic E-state index is -0.622. The summed E-state index contributed by atoms with van der Waals surface area (Å²) in [5.41, 5.74) is -0.622. The normalized spacial score (nSPS) is 10.2. The zero-order valence-corrected chi connectivity index (χ0v) is 6.14. The van der Waals surface area contributed by atoms with Crippen LogP contribution < -0.4 is 5.32 Å². The van der Waals surface area contributed by atoms with Gasteiger partial charge in [0, 0.05) is 0 Å². The standard InChI is InChI=1S/C7H11NO2/c1-4-6(10)8-7(2,3)5-9/h1,9H,5H2,2-3H3,(H,8,10). The van der Waals surface area contributed by atoms with E-state index in [0.717, 1.165) is 0 Å². The molecule has 0 rings (SSSR count). The van der Waals surface area contributed by atoms with Crippen LogP contribution in [0.2, 0.25) is 0 Å². The highest BCUT2D eigenvalue weighted by Gasteiger charge is 2.17. The quantitative estimate of drug-likeness (QED) is 0.510. The summed E-state index contributed by atoms with van der Waals surface area (Å²) >= 11 is 0. The van der Waals surface area contributed by atoms with Gasteiger partial charge < -0.3 is 10.4 Å². The lowest BCUT2D eigenvalue weighted by molar-refractivity contribution is -0.117. The van der Waals surface area contributed by atoms with Gasteiger partial charge in [0.25, 0.3) is 5.91 Å². The first-order valence-electron chi connectivity index (χ1n) is 2.91. The first kappa shape index (κ1) is 8.99. The van der Waals surface area contributed by atoms with Crippen LogP contribution in [0.1, 0.15) is 13.8 Å². The predicted octanol–water partition coefficient (Wildman–Crippen LogP) is -0.493. The molecule has 0 unspecified atom stereocenters. The number of terminal acetylenes is 1. The van der Waals surface area contributed by atoms with Gasteiger partial charge in [-0.15, -0.1) is 6.42 Å². The van der Waals surface area contributed by atoms with Gasteiger partial charge in [0.2, 0.25) is 0 Å². The van der Waals surface area contributed by atoms with Crippen molar-refractivity contribution in [1.82, 2.24) is 5.32 Å². The summed E-state index contributed by atoms with van der Waals surface area (Å²) in [6.07, 6.45) is 4.79. The second-order valence-electron chi connectivity index (χ2n) is 2.64. The number of rotatable bonds is 2. The summed E-state index contributed by atoms with van der Waals surface area (Å²) in [6.45, 7) is 3.24. The lowest BCUT2D eigenvalue weighted by Gasteiger charge is -2.21. The molecule has 1 amide bonds. The fourth-order valence-electron chi connectivity index (χ4n) is 0.383. The zero-order chi connectivity index (χ0) is 8.20. The van der Waals surface area contributed by atoms with Crippen molar-refractivity contribution < 1.29 is 9.90 Å². The van der Waals surface area contributed by atoms with Crippen LogP contribution in [-0.2, 0) is 4.79 Å². The Morgan fingerprint density at radius 1 is 1.80 bits per heavy atom. The van der Waals surface area contributed by atoms with E-state index >= 15 is 0 Å². The summed E-state index contributed by atoms with van der Waals surface area (Å²) in [5, 5.41) is 11.1. The summed E-state index contributed by atoms with van der Waals surface area (Å²) in [5.74, 6) is 1.39. The SMILES string of the molecule is C#CC(=O)NC(C)(C)CO. The summed E-state index contributed by atoms with van der Waals surface area (Å²) in [6, 6.07) is 0. The Balaban J connectivity index is 3.91. The fourth-order valence-corrected chi connectivity index (χ4v) is 0.383. The van der Waals surface area contributed by atoms with E-state index in [1.807, 2.05) is 5.92 Å². The molecule has 0 aliphatic heterocycles. The molecule has 0 aromatic rings. The molecule has 10 heavy (non-hydrogen) atoms. The van der Waals surface area contributed by atoms with Crippen LogP contribution in [0.25, 0.3) is 0 Å². The molecular weight excluding hydrogens is 130 g/mol. The molecule has 0 aromatic heterocycles. The van der Waals surface area contributed by atoms with Crippen molar-refractivity contribution in [2.24, 2.45) is 0 Å². The molecule has 0 aliphatic rings. The molecule has 0 aliphatic carbocycles. The first-order chi connectivity index (χ1) is 4.52. The highest BCUT2D eigenvalue weighted by atomic mass is 16.3. The smallest absolute Gasteiger partial charge is 0.296 e. The number of aliphatic hydroxyl groups is 1. The topological polar surface area (TPSA) is 49.3 Å². The second-order valence-corrected chi connectivity index (χ2v) is 2.64. The van der Waals surface area contributed by atoms with Crippen molar-refractivity contribution in [3.63, 3.8) is 0 Å². The van der Waals surface area contributed by atoms with E-state index < -0.39 is 11.4 Å². The van der Waals surface area contributed by atoms with Gasteiger partial charge in [0.1, 0.15) is 0 Å². The van der Waals surface area contributed by atoms with Crippen molar-refractivity contribution in [2.75, 3.05) is 6.61 Å². The van der Waals surface area contributed by atoms with Crippen molar-refractivity contribution in [1.29, 1.82) is 0 Å². The molecule has 0 spiro atoms. The van der Waals surface area contributed by atoms with Gasteiger partial charge in [-0.25, -0.2) is 0 Å². The Hall–Kier alpha value is -1.01. The average molecular weight is 141 g/mol. The molecule has 2 N–H and O–H groups in total. The zero-order valence-electron chi connectivity index (χ0n) is 6.14. The summed E-state index contributed by atoms with van der Waals surface area (Å²) < 4.78 is 0. The maximum atomic E-state index is 10.5. The molecule has 0 saturated carbocycles. The summed E-state index contributed by atoms with van der Waals surface area (Å²) in [7, 11) is 0. The van der Waals surface area contributed by atoms with E-state index in [1.165, 1.54) is 0 Å². The van der Waals surface area contributed by atoms with Crippen LogP contribution in [0, 0.1) is 12.3 Å². The van der Waals surface area contributed by atoms with Gasteiger partial charge in [-0.1, -0.05) is 0 Å². The number of carbonyl (C=O) groups excluding carboxylic acids is 1. The van der Waals surface area contributed by atoms with Gasteiger partial charge in [-0.3, -0.25) is 4.79 Å². The van der Waals surface area contributed by atoms with E-state index in [4.69, 9.17) is 11.5 Å². The van der Waals surface area contributed by atoms with E-state index in [0.29, 0.717) is 0 Å². The third-order valence-corrected chi connectivity index (χ3v) is 0.978. The fraction of sp³-hybridized carbons (Fsp3) is 0.571. The van der Waals surface area contributed by atoms with E-state index in [-0.39, 0.29) is 6.61 Å². The van der Waals surface area contributed by atoms with Gasteiger partial charge in [-0.05, 0) is 19.8 Å². The van der Waals surface area contributed by atoms with Crippen LogP contribution >= 0.6 is 0 Å². The lowest BCUT2D eigenvalue weighted by atomic mass is 10.1. The van der Waals surface area contributed by atoms with Crippen molar-refractivity contribution >= 4 is 5.91 Å².